The van der Waals surface area contributed by atoms with Crippen LogP contribution >= 0.6 is 0 Å². The molecule has 0 N–H and O–H groups in total. The smallest absolute Gasteiger partial charge is 0.325 e. The lowest BCUT2D eigenvalue weighted by Crippen LogP contribution is -2.19. The van der Waals surface area contributed by atoms with Gasteiger partial charge in [0.1, 0.15) is 12.1 Å². The van der Waals surface area contributed by atoms with Gasteiger partial charge in [-0.3, -0.25) is 9.69 Å². The second-order valence-corrected chi connectivity index (χ2v) is 5.79. The van der Waals surface area contributed by atoms with Crippen molar-refractivity contribution < 1.29 is 9.53 Å². The normalized spacial score (nSPS) is 22.6. The van der Waals surface area contributed by atoms with Crippen LogP contribution in [0.1, 0.15) is 37.1 Å². The Hall–Kier alpha value is -2.13. The monoisotopic (exact) mass is 295 g/mol. The van der Waals surface area contributed by atoms with Gasteiger partial charge in [0.25, 0.3) is 0 Å². The molecular weight excluding hydrogens is 274 g/mol. The molecule has 1 fully saturated rings. The maximum Gasteiger partial charge on any atom is 0.325 e. The first-order valence-electron chi connectivity index (χ1n) is 7.73. The van der Waals surface area contributed by atoms with Gasteiger partial charge in [-0.05, 0) is 25.0 Å². The summed E-state index contributed by atoms with van der Waals surface area (Å²) in [7, 11) is 0. The van der Waals surface area contributed by atoms with Gasteiger partial charge in [0.05, 0.1) is 0 Å². The highest BCUT2D eigenvalue weighted by molar-refractivity contribution is 5.79. The van der Waals surface area contributed by atoms with E-state index in [0.29, 0.717) is 0 Å². The molecule has 0 bridgehead atoms. The standard InChI is InChI=1S/C19H21NO2/c1-14(16-9-5-3-6-10-16)20-13-18(20)19(21)22-15(2)17-11-7-4-8-12-17/h3-12,14-15,18H,13H2,1-2H3/t14-,15-,18-,20?/m1/s1. The second kappa shape index (κ2) is 6.32. The van der Waals surface area contributed by atoms with Crippen LogP contribution in [0.25, 0.3) is 0 Å². The van der Waals surface area contributed by atoms with Gasteiger partial charge < -0.3 is 4.74 Å². The molecule has 1 unspecified atom stereocenters. The molecule has 4 atom stereocenters. The third-order valence-electron chi connectivity index (χ3n) is 4.26. The van der Waals surface area contributed by atoms with E-state index in [1.54, 1.807) is 0 Å². The van der Waals surface area contributed by atoms with Crippen molar-refractivity contribution in [2.75, 3.05) is 6.54 Å². The lowest BCUT2D eigenvalue weighted by atomic mass is 10.1. The molecule has 0 aliphatic carbocycles. The van der Waals surface area contributed by atoms with Gasteiger partial charge in [-0.2, -0.15) is 0 Å². The van der Waals surface area contributed by atoms with Crippen molar-refractivity contribution in [1.29, 1.82) is 0 Å². The van der Waals surface area contributed by atoms with E-state index >= 15 is 0 Å². The zero-order valence-electron chi connectivity index (χ0n) is 13.0. The van der Waals surface area contributed by atoms with E-state index in [0.717, 1.165) is 12.1 Å². The summed E-state index contributed by atoms with van der Waals surface area (Å²) in [6.07, 6.45) is -0.205. The highest BCUT2D eigenvalue weighted by Crippen LogP contribution is 2.33. The number of nitrogens with zero attached hydrogens (tertiary/aromatic N) is 1. The summed E-state index contributed by atoms with van der Waals surface area (Å²) in [6, 6.07) is 20.2. The fourth-order valence-electron chi connectivity index (χ4n) is 2.76. The molecule has 2 aromatic carbocycles. The minimum absolute atomic E-state index is 0.110. The average Bonchev–Trinajstić information content (AvgIpc) is 3.36. The third kappa shape index (κ3) is 3.20. The fraction of sp³-hybridized carbons (Fsp3) is 0.316. The first-order valence-corrected chi connectivity index (χ1v) is 7.73. The van der Waals surface area contributed by atoms with Crippen LogP contribution < -0.4 is 0 Å². The minimum atomic E-state index is -0.205. The van der Waals surface area contributed by atoms with Gasteiger partial charge in [0, 0.05) is 12.6 Å². The Balaban J connectivity index is 1.57. The Morgan fingerprint density at radius 2 is 1.55 bits per heavy atom. The van der Waals surface area contributed by atoms with Crippen LogP contribution in [-0.2, 0) is 9.53 Å². The summed E-state index contributed by atoms with van der Waals surface area (Å²) < 4.78 is 5.60. The van der Waals surface area contributed by atoms with E-state index in [1.807, 2.05) is 55.5 Å². The van der Waals surface area contributed by atoms with Gasteiger partial charge in [-0.15, -0.1) is 0 Å². The summed E-state index contributed by atoms with van der Waals surface area (Å²) in [5.41, 5.74) is 2.26. The van der Waals surface area contributed by atoms with E-state index in [-0.39, 0.29) is 24.2 Å². The predicted molar refractivity (Wildman–Crippen MR) is 86.3 cm³/mol. The van der Waals surface area contributed by atoms with Crippen molar-refractivity contribution >= 4 is 5.97 Å². The molecule has 2 aromatic rings. The number of carbonyl (C=O) groups is 1. The van der Waals surface area contributed by atoms with Crippen LogP contribution in [-0.4, -0.2) is 23.5 Å². The maximum atomic E-state index is 12.3. The highest BCUT2D eigenvalue weighted by Gasteiger charge is 2.45. The number of carbonyl (C=O) groups excluding carboxylic acids is 1. The van der Waals surface area contributed by atoms with Crippen LogP contribution in [0.2, 0.25) is 0 Å². The van der Waals surface area contributed by atoms with Crippen LogP contribution in [0.15, 0.2) is 60.7 Å². The van der Waals surface area contributed by atoms with Crippen molar-refractivity contribution in [3.8, 4) is 0 Å². The lowest BCUT2D eigenvalue weighted by molar-refractivity contribution is -0.149. The van der Waals surface area contributed by atoms with E-state index in [2.05, 4.69) is 24.0 Å². The van der Waals surface area contributed by atoms with Crippen LogP contribution in [0.4, 0.5) is 0 Å². The summed E-state index contributed by atoms with van der Waals surface area (Å²) in [6.45, 7) is 4.82. The Kier molecular flexibility index (Phi) is 4.25. The Bertz CT molecular complexity index is 626. The summed E-state index contributed by atoms with van der Waals surface area (Å²) in [5.74, 6) is -0.126. The van der Waals surface area contributed by atoms with E-state index in [4.69, 9.17) is 4.74 Å². The molecule has 0 spiro atoms. The molecule has 0 amide bonds. The number of rotatable bonds is 5. The van der Waals surface area contributed by atoms with E-state index in [9.17, 15) is 4.79 Å². The topological polar surface area (TPSA) is 29.3 Å². The Morgan fingerprint density at radius 1 is 1.00 bits per heavy atom. The number of benzene rings is 2. The molecule has 0 saturated carbocycles. The van der Waals surface area contributed by atoms with Gasteiger partial charge in [-0.1, -0.05) is 60.7 Å². The predicted octanol–water partition coefficient (Wildman–Crippen LogP) is 3.74. The number of esters is 1. The van der Waals surface area contributed by atoms with Crippen LogP contribution in [0.3, 0.4) is 0 Å². The van der Waals surface area contributed by atoms with E-state index in [1.165, 1.54) is 5.56 Å². The molecule has 1 aliphatic heterocycles. The largest absolute Gasteiger partial charge is 0.457 e. The summed E-state index contributed by atoms with van der Waals surface area (Å²) >= 11 is 0. The molecule has 1 saturated heterocycles. The SMILES string of the molecule is C[C@H](c1ccccc1)N1C[C@@H]1C(=O)O[C@H](C)c1ccccc1. The lowest BCUT2D eigenvalue weighted by Gasteiger charge is -2.16. The van der Waals surface area contributed by atoms with E-state index < -0.39 is 0 Å². The zero-order valence-corrected chi connectivity index (χ0v) is 13.0. The van der Waals surface area contributed by atoms with Gasteiger partial charge in [0.15, 0.2) is 0 Å². The van der Waals surface area contributed by atoms with Crippen molar-refractivity contribution in [3.63, 3.8) is 0 Å². The van der Waals surface area contributed by atoms with Gasteiger partial charge in [0.2, 0.25) is 0 Å². The highest BCUT2D eigenvalue weighted by atomic mass is 16.5. The number of hydrogen-bond acceptors (Lipinski definition) is 3. The number of ether oxygens (including phenoxy) is 1. The maximum absolute atomic E-state index is 12.3. The summed E-state index contributed by atoms with van der Waals surface area (Å²) in [4.78, 5) is 14.4. The van der Waals surface area contributed by atoms with Crippen molar-refractivity contribution in [1.82, 2.24) is 4.90 Å². The third-order valence-corrected chi connectivity index (χ3v) is 4.26. The number of hydrogen-bond donors (Lipinski definition) is 0. The molecular formula is C19H21NO2. The summed E-state index contributed by atoms with van der Waals surface area (Å²) in [5, 5.41) is 0. The average molecular weight is 295 g/mol. The fourth-order valence-corrected chi connectivity index (χ4v) is 2.76. The Morgan fingerprint density at radius 3 is 2.14 bits per heavy atom. The van der Waals surface area contributed by atoms with Crippen molar-refractivity contribution in [2.24, 2.45) is 0 Å². The minimum Gasteiger partial charge on any atom is -0.457 e. The molecule has 0 radical (unpaired) electrons. The Labute approximate surface area is 131 Å². The molecule has 22 heavy (non-hydrogen) atoms. The molecule has 3 rings (SSSR count). The molecule has 1 heterocycles. The van der Waals surface area contributed by atoms with Crippen LogP contribution in [0, 0.1) is 0 Å². The second-order valence-electron chi connectivity index (χ2n) is 5.79. The quantitative estimate of drug-likeness (QED) is 0.621. The van der Waals surface area contributed by atoms with Crippen LogP contribution in [0.5, 0.6) is 0 Å². The molecule has 0 aromatic heterocycles. The molecule has 1 aliphatic rings. The zero-order chi connectivity index (χ0) is 15.5. The van der Waals surface area contributed by atoms with Gasteiger partial charge >= 0.3 is 5.97 Å². The molecule has 3 heteroatoms. The first-order chi connectivity index (χ1) is 10.7. The van der Waals surface area contributed by atoms with Gasteiger partial charge in [-0.25, -0.2) is 0 Å². The first kappa shape index (κ1) is 14.8. The molecule has 3 nitrogen and oxygen atoms in total. The molecule has 114 valence electrons. The van der Waals surface area contributed by atoms with Crippen molar-refractivity contribution in [3.05, 3.63) is 71.8 Å². The van der Waals surface area contributed by atoms with Crippen molar-refractivity contribution in [2.45, 2.75) is 32.0 Å².